The molecule has 1 heterocycles. The van der Waals surface area contributed by atoms with Crippen molar-refractivity contribution in [1.29, 1.82) is 0 Å². The first-order chi connectivity index (χ1) is 5.36. The average Bonchev–Trinajstić information content (AvgIpc) is 2.14. The van der Waals surface area contributed by atoms with Crippen LogP contribution in [-0.4, -0.2) is 45.3 Å². The number of rotatable bonds is 1. The van der Waals surface area contributed by atoms with Gasteiger partial charge in [-0.15, -0.1) is 0 Å². The molecule has 0 unspecified atom stereocenters. The monoisotopic (exact) mass is 176 g/mol. The van der Waals surface area contributed by atoms with Gasteiger partial charge in [0.25, 0.3) is 0 Å². The van der Waals surface area contributed by atoms with Gasteiger partial charge in [0.1, 0.15) is 18.3 Å². The highest BCUT2D eigenvalue weighted by molar-refractivity contribution is 4.98. The molecule has 12 heavy (non-hydrogen) atoms. The highest BCUT2D eigenvalue weighted by Gasteiger charge is 2.49. The van der Waals surface area contributed by atoms with Gasteiger partial charge in [0.05, 0.1) is 11.7 Å². The quantitative estimate of drug-likeness (QED) is 0.492. The van der Waals surface area contributed by atoms with Gasteiger partial charge in [0.2, 0.25) is 0 Å². The molecule has 1 aliphatic rings. The molecular weight excluding hydrogens is 160 g/mol. The molecule has 0 aromatic rings. The van der Waals surface area contributed by atoms with Gasteiger partial charge in [-0.25, -0.2) is 0 Å². The molecule has 0 aliphatic carbocycles. The Morgan fingerprint density at radius 1 is 1.33 bits per heavy atom. The van der Waals surface area contributed by atoms with Crippen LogP contribution in [0.3, 0.4) is 0 Å². The third-order valence-corrected chi connectivity index (χ3v) is 2.29. The molecule has 3 N–H and O–H groups in total. The minimum absolute atomic E-state index is 0.685. The van der Waals surface area contributed by atoms with Gasteiger partial charge >= 0.3 is 0 Å². The number of ether oxygens (including phenoxy) is 1. The number of hydrogen-bond acceptors (Lipinski definition) is 4. The van der Waals surface area contributed by atoms with E-state index in [2.05, 4.69) is 0 Å². The Morgan fingerprint density at radius 2 is 1.83 bits per heavy atom. The van der Waals surface area contributed by atoms with Crippen LogP contribution in [0.25, 0.3) is 0 Å². The van der Waals surface area contributed by atoms with E-state index < -0.39 is 30.0 Å². The fourth-order valence-corrected chi connectivity index (χ4v) is 1.46. The molecule has 72 valence electrons. The van der Waals surface area contributed by atoms with Crippen molar-refractivity contribution in [3.8, 4) is 0 Å². The first-order valence-electron chi connectivity index (χ1n) is 4.08. The lowest BCUT2D eigenvalue weighted by Crippen LogP contribution is -2.39. The van der Waals surface area contributed by atoms with E-state index >= 15 is 0 Å². The molecule has 1 aliphatic heterocycles. The fraction of sp³-hybridized carbons (Fsp3) is 1.00. The second-order valence-corrected chi connectivity index (χ2v) is 3.86. The van der Waals surface area contributed by atoms with E-state index in [0.29, 0.717) is 0 Å². The Kier molecular flexibility index (Phi) is 2.45. The summed E-state index contributed by atoms with van der Waals surface area (Å²) in [5, 5.41) is 28.1. The summed E-state index contributed by atoms with van der Waals surface area (Å²) in [6, 6.07) is 0. The highest BCUT2D eigenvalue weighted by Crippen LogP contribution is 2.31. The fourth-order valence-electron chi connectivity index (χ4n) is 1.46. The van der Waals surface area contributed by atoms with Gasteiger partial charge in [-0.05, 0) is 20.8 Å². The summed E-state index contributed by atoms with van der Waals surface area (Å²) in [5.41, 5.74) is -0.777. The third-order valence-electron chi connectivity index (χ3n) is 2.29. The maximum atomic E-state index is 9.46. The molecular formula is C8H16O4. The van der Waals surface area contributed by atoms with E-state index in [-0.39, 0.29) is 0 Å². The average molecular weight is 176 g/mol. The molecule has 4 heteroatoms. The molecule has 0 radical (unpaired) electrons. The molecule has 4 atom stereocenters. The summed E-state index contributed by atoms with van der Waals surface area (Å²) in [7, 11) is 0. The zero-order valence-corrected chi connectivity index (χ0v) is 7.56. The first-order valence-corrected chi connectivity index (χ1v) is 4.08. The second-order valence-electron chi connectivity index (χ2n) is 3.86. The third kappa shape index (κ3) is 1.47. The molecule has 0 aromatic carbocycles. The van der Waals surface area contributed by atoms with Crippen LogP contribution in [0.4, 0.5) is 0 Å². The number of aliphatic hydroxyl groups is 3. The van der Waals surface area contributed by atoms with Crippen LogP contribution < -0.4 is 0 Å². The normalized spacial score (nSPS) is 43.0. The van der Waals surface area contributed by atoms with Crippen LogP contribution in [0.15, 0.2) is 0 Å². The van der Waals surface area contributed by atoms with Crippen LogP contribution in [0.1, 0.15) is 20.8 Å². The summed E-state index contributed by atoms with van der Waals surface area (Å²) in [4.78, 5) is 0. The van der Waals surface area contributed by atoms with E-state index in [9.17, 15) is 15.3 Å². The second kappa shape index (κ2) is 2.96. The van der Waals surface area contributed by atoms with Crippen molar-refractivity contribution < 1.29 is 20.1 Å². The van der Waals surface area contributed by atoms with Crippen molar-refractivity contribution >= 4 is 0 Å². The molecule has 0 amide bonds. The van der Waals surface area contributed by atoms with E-state index in [1.807, 2.05) is 0 Å². The van der Waals surface area contributed by atoms with Gasteiger partial charge < -0.3 is 20.1 Å². The van der Waals surface area contributed by atoms with E-state index in [1.165, 1.54) is 6.92 Å². The van der Waals surface area contributed by atoms with Crippen LogP contribution in [-0.2, 0) is 4.74 Å². The molecule has 4 nitrogen and oxygen atoms in total. The van der Waals surface area contributed by atoms with Crippen molar-refractivity contribution in [2.75, 3.05) is 0 Å². The van der Waals surface area contributed by atoms with Gasteiger partial charge in [-0.3, -0.25) is 0 Å². The standard InChI is InChI=1S/C8H16O4/c1-4(9)6-5(10)7(11)8(2,3)12-6/h4-7,9-11H,1-3H3/t4-,5-,6-,7+/m1/s1. The van der Waals surface area contributed by atoms with Gasteiger partial charge in [-0.1, -0.05) is 0 Å². The van der Waals surface area contributed by atoms with Gasteiger partial charge in [0.15, 0.2) is 0 Å². The molecule has 0 saturated carbocycles. The van der Waals surface area contributed by atoms with E-state index in [0.717, 1.165) is 0 Å². The van der Waals surface area contributed by atoms with Crippen LogP contribution in [0, 0.1) is 0 Å². The number of hydrogen-bond donors (Lipinski definition) is 3. The number of aliphatic hydroxyl groups excluding tert-OH is 3. The van der Waals surface area contributed by atoms with Crippen molar-refractivity contribution in [3.05, 3.63) is 0 Å². The Morgan fingerprint density at radius 3 is 2.00 bits per heavy atom. The zero-order valence-electron chi connectivity index (χ0n) is 7.56. The SMILES string of the molecule is C[C@@H](O)[C@H]1OC(C)(C)[C@@H](O)[C@@H]1O. The Bertz CT molecular complexity index is 166. The van der Waals surface area contributed by atoms with Crippen LogP contribution in [0.5, 0.6) is 0 Å². The lowest BCUT2D eigenvalue weighted by molar-refractivity contribution is -0.0910. The summed E-state index contributed by atoms with van der Waals surface area (Å²) >= 11 is 0. The molecule has 0 spiro atoms. The van der Waals surface area contributed by atoms with Crippen molar-refractivity contribution in [1.82, 2.24) is 0 Å². The highest BCUT2D eigenvalue weighted by atomic mass is 16.6. The summed E-state index contributed by atoms with van der Waals surface area (Å²) in [6.07, 6.45) is -3.39. The van der Waals surface area contributed by atoms with Crippen molar-refractivity contribution in [2.45, 2.75) is 50.8 Å². The predicted octanol–water partition coefficient (Wildman–Crippen LogP) is -0.734. The summed E-state index contributed by atoms with van der Waals surface area (Å²) in [6.45, 7) is 4.90. The maximum Gasteiger partial charge on any atom is 0.112 e. The molecule has 1 saturated heterocycles. The lowest BCUT2D eigenvalue weighted by atomic mass is 9.98. The van der Waals surface area contributed by atoms with Crippen LogP contribution >= 0.6 is 0 Å². The van der Waals surface area contributed by atoms with Crippen LogP contribution in [0.2, 0.25) is 0 Å². The Balaban J connectivity index is 2.74. The molecule has 0 aromatic heterocycles. The first kappa shape index (κ1) is 9.92. The Labute approximate surface area is 71.8 Å². The predicted molar refractivity (Wildman–Crippen MR) is 42.6 cm³/mol. The van der Waals surface area contributed by atoms with E-state index in [4.69, 9.17) is 4.74 Å². The molecule has 0 bridgehead atoms. The van der Waals surface area contributed by atoms with E-state index in [1.54, 1.807) is 13.8 Å². The topological polar surface area (TPSA) is 69.9 Å². The minimum Gasteiger partial charge on any atom is -0.391 e. The minimum atomic E-state index is -1.00. The zero-order chi connectivity index (χ0) is 9.52. The van der Waals surface area contributed by atoms with Gasteiger partial charge in [-0.2, -0.15) is 0 Å². The Hall–Kier alpha value is -0.160. The smallest absolute Gasteiger partial charge is 0.112 e. The van der Waals surface area contributed by atoms with Gasteiger partial charge in [0, 0.05) is 0 Å². The molecule has 1 rings (SSSR count). The van der Waals surface area contributed by atoms with Crippen molar-refractivity contribution in [3.63, 3.8) is 0 Å². The molecule has 1 fully saturated rings. The summed E-state index contributed by atoms with van der Waals surface area (Å²) < 4.78 is 5.28. The summed E-state index contributed by atoms with van der Waals surface area (Å²) in [5.74, 6) is 0. The largest absolute Gasteiger partial charge is 0.391 e. The lowest BCUT2D eigenvalue weighted by Gasteiger charge is -2.22. The van der Waals surface area contributed by atoms with Crippen molar-refractivity contribution in [2.24, 2.45) is 0 Å². The maximum absolute atomic E-state index is 9.46.